The summed E-state index contributed by atoms with van der Waals surface area (Å²) in [4.78, 5) is 0. The van der Waals surface area contributed by atoms with Gasteiger partial charge in [-0.1, -0.05) is 5.92 Å². The van der Waals surface area contributed by atoms with Gasteiger partial charge in [-0.15, -0.1) is 5.92 Å². The first kappa shape index (κ1) is 9.53. The maximum Gasteiger partial charge on any atom is 0.157 e. The van der Waals surface area contributed by atoms with Gasteiger partial charge < -0.3 is 14.6 Å². The van der Waals surface area contributed by atoms with Gasteiger partial charge in [0.25, 0.3) is 0 Å². The van der Waals surface area contributed by atoms with Crippen LogP contribution in [0.1, 0.15) is 19.3 Å². The summed E-state index contributed by atoms with van der Waals surface area (Å²) >= 11 is 0. The highest BCUT2D eigenvalue weighted by Crippen LogP contribution is 2.10. The van der Waals surface area contributed by atoms with Gasteiger partial charge in [-0.25, -0.2) is 0 Å². The third-order valence-corrected chi connectivity index (χ3v) is 1.64. The van der Waals surface area contributed by atoms with Gasteiger partial charge in [-0.2, -0.15) is 0 Å². The summed E-state index contributed by atoms with van der Waals surface area (Å²) in [5, 5.41) is 8.35. The molecule has 0 aromatic rings. The van der Waals surface area contributed by atoms with Gasteiger partial charge in [0.05, 0.1) is 13.2 Å². The third-order valence-electron chi connectivity index (χ3n) is 1.64. The highest BCUT2D eigenvalue weighted by molar-refractivity contribution is 4.98. The fourth-order valence-corrected chi connectivity index (χ4v) is 1.08. The van der Waals surface area contributed by atoms with Gasteiger partial charge in [0, 0.05) is 6.42 Å². The largest absolute Gasteiger partial charge is 0.384 e. The smallest absolute Gasteiger partial charge is 0.157 e. The molecular weight excluding hydrogens is 156 g/mol. The van der Waals surface area contributed by atoms with Crippen molar-refractivity contribution in [3.8, 4) is 11.8 Å². The van der Waals surface area contributed by atoms with Crippen molar-refractivity contribution in [2.24, 2.45) is 0 Å². The summed E-state index contributed by atoms with van der Waals surface area (Å²) in [5.74, 6) is 5.45. The molecule has 0 aromatic carbocycles. The Labute approximate surface area is 72.7 Å². The SMILES string of the molecule is OCC#CCCCC1OCCO1. The van der Waals surface area contributed by atoms with E-state index in [1.807, 2.05) is 0 Å². The van der Waals surface area contributed by atoms with Crippen molar-refractivity contribution in [2.45, 2.75) is 25.6 Å². The molecule has 0 saturated carbocycles. The van der Waals surface area contributed by atoms with Crippen LogP contribution in [0.5, 0.6) is 0 Å². The average molecular weight is 170 g/mol. The van der Waals surface area contributed by atoms with Crippen LogP contribution < -0.4 is 0 Å². The summed E-state index contributed by atoms with van der Waals surface area (Å²) in [6.07, 6.45) is 2.67. The number of aliphatic hydroxyl groups is 1. The lowest BCUT2D eigenvalue weighted by Gasteiger charge is -2.05. The van der Waals surface area contributed by atoms with E-state index in [0.717, 1.165) is 19.3 Å². The Hall–Kier alpha value is -0.560. The number of hydrogen-bond donors (Lipinski definition) is 1. The van der Waals surface area contributed by atoms with Crippen LogP contribution in [0, 0.1) is 11.8 Å². The predicted octanol–water partition coefficient (Wildman–Crippen LogP) is 0.525. The molecule has 0 atom stereocenters. The molecule has 1 rings (SSSR count). The number of unbranched alkanes of at least 4 members (excludes halogenated alkanes) is 1. The second-order valence-electron chi connectivity index (χ2n) is 2.58. The number of hydrogen-bond acceptors (Lipinski definition) is 3. The molecule has 0 radical (unpaired) electrons. The Morgan fingerprint density at radius 1 is 1.25 bits per heavy atom. The molecule has 0 bridgehead atoms. The molecule has 68 valence electrons. The van der Waals surface area contributed by atoms with Crippen LogP contribution in [0.15, 0.2) is 0 Å². The highest BCUT2D eigenvalue weighted by Gasteiger charge is 2.14. The van der Waals surface area contributed by atoms with Gasteiger partial charge in [0.15, 0.2) is 6.29 Å². The summed E-state index contributed by atoms with van der Waals surface area (Å²) in [5.41, 5.74) is 0. The summed E-state index contributed by atoms with van der Waals surface area (Å²) in [7, 11) is 0. The maximum atomic E-state index is 8.35. The fourth-order valence-electron chi connectivity index (χ4n) is 1.08. The standard InChI is InChI=1S/C9H14O3/c10-6-4-2-1-3-5-9-11-7-8-12-9/h9-10H,1,3,5-8H2. The number of aliphatic hydroxyl groups excluding tert-OH is 1. The average Bonchev–Trinajstić information content (AvgIpc) is 2.57. The second kappa shape index (κ2) is 6.01. The summed E-state index contributed by atoms with van der Waals surface area (Å²) in [6, 6.07) is 0. The van der Waals surface area contributed by atoms with Crippen molar-refractivity contribution in [1.82, 2.24) is 0 Å². The lowest BCUT2D eigenvalue weighted by molar-refractivity contribution is -0.0474. The fraction of sp³-hybridized carbons (Fsp3) is 0.778. The maximum absolute atomic E-state index is 8.35. The molecule has 1 saturated heterocycles. The number of ether oxygens (including phenoxy) is 2. The zero-order valence-corrected chi connectivity index (χ0v) is 7.08. The van der Waals surface area contributed by atoms with E-state index in [2.05, 4.69) is 11.8 Å². The van der Waals surface area contributed by atoms with Crippen molar-refractivity contribution in [3.05, 3.63) is 0 Å². The minimum atomic E-state index is -0.0452. The molecular formula is C9H14O3. The van der Waals surface area contributed by atoms with Crippen molar-refractivity contribution in [2.75, 3.05) is 19.8 Å². The van der Waals surface area contributed by atoms with E-state index >= 15 is 0 Å². The molecule has 0 spiro atoms. The molecule has 0 unspecified atom stereocenters. The van der Waals surface area contributed by atoms with E-state index in [1.54, 1.807) is 0 Å². The lowest BCUT2D eigenvalue weighted by atomic mass is 10.2. The monoisotopic (exact) mass is 170 g/mol. The Kier molecular flexibility index (Phi) is 4.77. The van der Waals surface area contributed by atoms with E-state index in [1.165, 1.54) is 0 Å². The molecule has 0 amide bonds. The highest BCUT2D eigenvalue weighted by atomic mass is 16.7. The zero-order chi connectivity index (χ0) is 8.65. The van der Waals surface area contributed by atoms with Crippen LogP contribution in [0.25, 0.3) is 0 Å². The van der Waals surface area contributed by atoms with Gasteiger partial charge in [0.1, 0.15) is 6.61 Å². The Morgan fingerprint density at radius 3 is 2.67 bits per heavy atom. The van der Waals surface area contributed by atoms with Gasteiger partial charge in [-0.3, -0.25) is 0 Å². The van der Waals surface area contributed by atoms with Crippen molar-refractivity contribution in [3.63, 3.8) is 0 Å². The molecule has 0 aliphatic carbocycles. The molecule has 1 aliphatic heterocycles. The summed E-state index contributed by atoms with van der Waals surface area (Å²) in [6.45, 7) is 1.39. The molecule has 12 heavy (non-hydrogen) atoms. The Morgan fingerprint density at radius 2 is 2.00 bits per heavy atom. The molecule has 1 heterocycles. The minimum absolute atomic E-state index is 0.0130. The van der Waals surface area contributed by atoms with Gasteiger partial charge >= 0.3 is 0 Å². The van der Waals surface area contributed by atoms with Crippen LogP contribution in [0.3, 0.4) is 0 Å². The van der Waals surface area contributed by atoms with Gasteiger partial charge in [0.2, 0.25) is 0 Å². The van der Waals surface area contributed by atoms with Crippen molar-refractivity contribution in [1.29, 1.82) is 0 Å². The third kappa shape index (κ3) is 3.72. The minimum Gasteiger partial charge on any atom is -0.384 e. The predicted molar refractivity (Wildman–Crippen MR) is 44.4 cm³/mol. The Balaban J connectivity index is 1.94. The van der Waals surface area contributed by atoms with Crippen LogP contribution in [0.2, 0.25) is 0 Å². The quantitative estimate of drug-likeness (QED) is 0.496. The molecule has 3 nitrogen and oxygen atoms in total. The second-order valence-corrected chi connectivity index (χ2v) is 2.58. The van der Waals surface area contributed by atoms with Gasteiger partial charge in [-0.05, 0) is 12.8 Å². The Bertz CT molecular complexity index is 162. The molecule has 0 aromatic heterocycles. The molecule has 1 aliphatic rings. The van der Waals surface area contributed by atoms with E-state index in [0.29, 0.717) is 13.2 Å². The van der Waals surface area contributed by atoms with Crippen LogP contribution in [-0.4, -0.2) is 31.2 Å². The summed E-state index contributed by atoms with van der Waals surface area (Å²) < 4.78 is 10.5. The lowest BCUT2D eigenvalue weighted by Crippen LogP contribution is -2.06. The first-order valence-electron chi connectivity index (χ1n) is 4.23. The van der Waals surface area contributed by atoms with E-state index in [9.17, 15) is 0 Å². The zero-order valence-electron chi connectivity index (χ0n) is 7.08. The van der Waals surface area contributed by atoms with Crippen LogP contribution in [0.4, 0.5) is 0 Å². The first-order chi connectivity index (χ1) is 5.93. The van der Waals surface area contributed by atoms with E-state index in [-0.39, 0.29) is 12.9 Å². The topological polar surface area (TPSA) is 38.7 Å². The van der Waals surface area contributed by atoms with E-state index < -0.39 is 0 Å². The van der Waals surface area contributed by atoms with Crippen LogP contribution in [-0.2, 0) is 9.47 Å². The molecule has 1 fully saturated rings. The number of rotatable bonds is 3. The normalized spacial score (nSPS) is 17.4. The molecule has 3 heteroatoms. The molecule has 1 N–H and O–H groups in total. The first-order valence-corrected chi connectivity index (χ1v) is 4.23. The van der Waals surface area contributed by atoms with E-state index in [4.69, 9.17) is 14.6 Å². The van der Waals surface area contributed by atoms with Crippen LogP contribution >= 0.6 is 0 Å². The van der Waals surface area contributed by atoms with Crippen molar-refractivity contribution < 1.29 is 14.6 Å². The van der Waals surface area contributed by atoms with Crippen molar-refractivity contribution >= 4 is 0 Å².